The van der Waals surface area contributed by atoms with Gasteiger partial charge in [0, 0.05) is 4.47 Å². The van der Waals surface area contributed by atoms with Crippen molar-refractivity contribution in [3.63, 3.8) is 0 Å². The van der Waals surface area contributed by atoms with Crippen LogP contribution in [0.4, 0.5) is 4.79 Å². The Morgan fingerprint density at radius 1 is 1.60 bits per heavy atom. The van der Waals surface area contributed by atoms with Crippen molar-refractivity contribution in [3.8, 4) is 0 Å². The molecule has 0 bridgehead atoms. The number of halogens is 2. The first kappa shape index (κ1) is 12.3. The maximum absolute atomic E-state index is 10.2. The third-order valence-corrected chi connectivity index (χ3v) is 2.99. The lowest BCUT2D eigenvalue weighted by Crippen LogP contribution is -2.26. The summed E-state index contributed by atoms with van der Waals surface area (Å²) in [5, 5.41) is 20.6. The van der Waals surface area contributed by atoms with Gasteiger partial charge in [0.25, 0.3) is 0 Å². The van der Waals surface area contributed by atoms with E-state index in [1.807, 2.05) is 0 Å². The topological polar surface area (TPSA) is 69.6 Å². The van der Waals surface area contributed by atoms with E-state index < -0.39 is 12.2 Å². The fraction of sp³-hybridized carbons (Fsp3) is 0.222. The quantitative estimate of drug-likeness (QED) is 0.802. The normalized spacial score (nSPS) is 12.2. The summed E-state index contributed by atoms with van der Waals surface area (Å²) in [4.78, 5) is 10.2. The lowest BCUT2D eigenvalue weighted by molar-refractivity contribution is 0.159. The lowest BCUT2D eigenvalue weighted by atomic mass is 10.1. The SMILES string of the molecule is O=C(O)NC[C@H](O)c1ccc(Cl)c(Br)c1. The average molecular weight is 295 g/mol. The van der Waals surface area contributed by atoms with Gasteiger partial charge in [-0.2, -0.15) is 0 Å². The van der Waals surface area contributed by atoms with E-state index in [0.29, 0.717) is 15.1 Å². The van der Waals surface area contributed by atoms with Crippen LogP contribution in [0.3, 0.4) is 0 Å². The number of amides is 1. The highest BCUT2D eigenvalue weighted by atomic mass is 79.9. The van der Waals surface area contributed by atoms with Crippen LogP contribution in [0.25, 0.3) is 0 Å². The highest BCUT2D eigenvalue weighted by Crippen LogP contribution is 2.25. The summed E-state index contributed by atoms with van der Waals surface area (Å²) in [5.41, 5.74) is 0.597. The average Bonchev–Trinajstić information content (AvgIpc) is 2.18. The molecule has 3 N–H and O–H groups in total. The van der Waals surface area contributed by atoms with Crippen LogP contribution >= 0.6 is 27.5 Å². The minimum atomic E-state index is -1.16. The van der Waals surface area contributed by atoms with Crippen molar-refractivity contribution in [2.75, 3.05) is 6.54 Å². The fourth-order valence-corrected chi connectivity index (χ4v) is 1.54. The maximum Gasteiger partial charge on any atom is 0.404 e. The summed E-state index contributed by atoms with van der Waals surface area (Å²) in [6, 6.07) is 4.92. The molecule has 1 rings (SSSR count). The number of rotatable bonds is 3. The Balaban J connectivity index is 2.69. The minimum Gasteiger partial charge on any atom is -0.465 e. The lowest BCUT2D eigenvalue weighted by Gasteiger charge is -2.11. The molecule has 1 aromatic rings. The highest BCUT2D eigenvalue weighted by molar-refractivity contribution is 9.10. The van der Waals surface area contributed by atoms with Crippen molar-refractivity contribution in [1.29, 1.82) is 0 Å². The van der Waals surface area contributed by atoms with Crippen LogP contribution in [0.1, 0.15) is 11.7 Å². The van der Waals surface area contributed by atoms with Crippen molar-refractivity contribution in [2.24, 2.45) is 0 Å². The van der Waals surface area contributed by atoms with Crippen molar-refractivity contribution in [1.82, 2.24) is 5.32 Å². The molecule has 0 saturated heterocycles. The van der Waals surface area contributed by atoms with E-state index in [2.05, 4.69) is 21.2 Å². The van der Waals surface area contributed by atoms with Gasteiger partial charge in [-0.1, -0.05) is 17.7 Å². The minimum absolute atomic E-state index is 0.0522. The van der Waals surface area contributed by atoms with Crippen LogP contribution in [-0.2, 0) is 0 Å². The maximum atomic E-state index is 10.2. The van der Waals surface area contributed by atoms with Crippen molar-refractivity contribution in [3.05, 3.63) is 33.3 Å². The van der Waals surface area contributed by atoms with Gasteiger partial charge in [0.05, 0.1) is 17.7 Å². The second kappa shape index (κ2) is 5.34. The van der Waals surface area contributed by atoms with Gasteiger partial charge in [-0.3, -0.25) is 0 Å². The number of carboxylic acid groups (broad SMARTS) is 1. The first-order valence-electron chi connectivity index (χ1n) is 4.10. The first-order chi connectivity index (χ1) is 7.00. The first-order valence-corrected chi connectivity index (χ1v) is 5.27. The number of hydrogen-bond donors (Lipinski definition) is 3. The molecule has 1 amide bonds. The molecule has 0 saturated carbocycles. The molecule has 1 atom stereocenters. The smallest absolute Gasteiger partial charge is 0.404 e. The molecule has 4 nitrogen and oxygen atoms in total. The van der Waals surface area contributed by atoms with Crippen LogP contribution in [0.15, 0.2) is 22.7 Å². The Hall–Kier alpha value is -0.780. The second-order valence-corrected chi connectivity index (χ2v) is 4.14. The Kier molecular flexibility index (Phi) is 4.38. The van der Waals surface area contributed by atoms with E-state index in [9.17, 15) is 9.90 Å². The van der Waals surface area contributed by atoms with Crippen LogP contribution in [0.2, 0.25) is 5.02 Å². The van der Waals surface area contributed by atoms with E-state index in [1.54, 1.807) is 18.2 Å². The van der Waals surface area contributed by atoms with Gasteiger partial charge < -0.3 is 15.5 Å². The molecule has 0 heterocycles. The molecule has 0 fully saturated rings. The molecule has 0 spiro atoms. The van der Waals surface area contributed by atoms with Crippen LogP contribution in [-0.4, -0.2) is 22.9 Å². The summed E-state index contributed by atoms with van der Waals surface area (Å²) < 4.78 is 0.663. The summed E-state index contributed by atoms with van der Waals surface area (Å²) in [6.45, 7) is -0.0522. The zero-order chi connectivity index (χ0) is 11.4. The van der Waals surface area contributed by atoms with Crippen molar-refractivity contribution in [2.45, 2.75) is 6.10 Å². The number of aliphatic hydroxyl groups excluding tert-OH is 1. The van der Waals surface area contributed by atoms with Gasteiger partial charge in [-0.25, -0.2) is 4.79 Å². The zero-order valence-electron chi connectivity index (χ0n) is 7.58. The van der Waals surface area contributed by atoms with Gasteiger partial charge in [-0.15, -0.1) is 0 Å². The van der Waals surface area contributed by atoms with Crippen LogP contribution in [0.5, 0.6) is 0 Å². The van der Waals surface area contributed by atoms with Crippen molar-refractivity contribution >= 4 is 33.6 Å². The van der Waals surface area contributed by atoms with Crippen LogP contribution < -0.4 is 5.32 Å². The van der Waals surface area contributed by atoms with Gasteiger partial charge in [0.15, 0.2) is 0 Å². The van der Waals surface area contributed by atoms with E-state index in [0.717, 1.165) is 0 Å². The molecule has 0 aromatic heterocycles. The molecule has 82 valence electrons. The second-order valence-electron chi connectivity index (χ2n) is 2.88. The summed E-state index contributed by atoms with van der Waals surface area (Å²) in [6.07, 6.45) is -2.04. The Morgan fingerprint density at radius 3 is 2.80 bits per heavy atom. The van der Waals surface area contributed by atoms with Crippen molar-refractivity contribution < 1.29 is 15.0 Å². The molecule has 0 aliphatic heterocycles. The molecule has 0 aliphatic carbocycles. The number of aliphatic hydroxyl groups is 1. The van der Waals surface area contributed by atoms with E-state index >= 15 is 0 Å². The number of hydrogen-bond acceptors (Lipinski definition) is 2. The zero-order valence-corrected chi connectivity index (χ0v) is 9.92. The largest absolute Gasteiger partial charge is 0.465 e. The van der Waals surface area contributed by atoms with Gasteiger partial charge >= 0.3 is 6.09 Å². The van der Waals surface area contributed by atoms with Gasteiger partial charge in [-0.05, 0) is 33.6 Å². The standard InChI is InChI=1S/C9H9BrClNO3/c10-6-3-5(1-2-7(6)11)8(13)4-12-9(14)15/h1-3,8,12-13H,4H2,(H,14,15)/t8-/m0/s1. The Bertz CT molecular complexity index is 372. The Labute approximate surface area is 100.0 Å². The van der Waals surface area contributed by atoms with Gasteiger partial charge in [0.1, 0.15) is 0 Å². The molecular formula is C9H9BrClNO3. The van der Waals surface area contributed by atoms with E-state index in [4.69, 9.17) is 16.7 Å². The van der Waals surface area contributed by atoms with E-state index in [1.165, 1.54) is 0 Å². The molecule has 0 radical (unpaired) electrons. The monoisotopic (exact) mass is 293 g/mol. The third kappa shape index (κ3) is 3.70. The molecule has 1 aromatic carbocycles. The number of benzene rings is 1. The molecule has 0 aliphatic rings. The molecule has 6 heteroatoms. The molecule has 0 unspecified atom stereocenters. The predicted octanol–water partition coefficient (Wildman–Crippen LogP) is 2.40. The van der Waals surface area contributed by atoms with Gasteiger partial charge in [0.2, 0.25) is 0 Å². The highest BCUT2D eigenvalue weighted by Gasteiger charge is 2.10. The molecular weight excluding hydrogens is 285 g/mol. The van der Waals surface area contributed by atoms with Crippen LogP contribution in [0, 0.1) is 0 Å². The molecule has 15 heavy (non-hydrogen) atoms. The fourth-order valence-electron chi connectivity index (χ4n) is 1.02. The summed E-state index contributed by atoms with van der Waals surface area (Å²) in [5.74, 6) is 0. The number of carbonyl (C=O) groups is 1. The summed E-state index contributed by atoms with van der Waals surface area (Å²) >= 11 is 8.99. The predicted molar refractivity (Wildman–Crippen MR) is 60.1 cm³/mol. The Morgan fingerprint density at radius 2 is 2.27 bits per heavy atom. The van der Waals surface area contributed by atoms with E-state index in [-0.39, 0.29) is 6.54 Å². The third-order valence-electron chi connectivity index (χ3n) is 1.78. The number of nitrogens with one attached hydrogen (secondary N) is 1. The summed E-state index contributed by atoms with van der Waals surface area (Å²) in [7, 11) is 0.